The van der Waals surface area contributed by atoms with Gasteiger partial charge in [-0.3, -0.25) is 4.79 Å². The van der Waals surface area contributed by atoms with Gasteiger partial charge in [0.25, 0.3) is 0 Å². The molecule has 1 N–H and O–H groups in total. The van der Waals surface area contributed by atoms with Crippen LogP contribution in [0.15, 0.2) is 54.3 Å². The molecule has 2 heterocycles. The van der Waals surface area contributed by atoms with Crippen LogP contribution in [0.2, 0.25) is 0 Å². The average Bonchev–Trinajstić information content (AvgIpc) is 3.44. The number of hydrogen-bond donors (Lipinski definition) is 1. The summed E-state index contributed by atoms with van der Waals surface area (Å²) in [5, 5.41) is 10.6. The van der Waals surface area contributed by atoms with Gasteiger partial charge >= 0.3 is 0 Å². The standard InChI is InChI=1S/C24H26N2O2/c27-23-21(17-5-9-19(10-6-17)25-13-1-2-14-25)24(28)22(23)18-7-11-20(12-8-18)26-15-3-4-16-26/h5-12,21,27H,1-4,13-16H2. The fraction of sp³-hybridized carbons (Fsp3) is 0.375. The van der Waals surface area contributed by atoms with Gasteiger partial charge in [0.05, 0.1) is 5.57 Å². The van der Waals surface area contributed by atoms with Crippen molar-refractivity contribution in [2.45, 2.75) is 31.6 Å². The van der Waals surface area contributed by atoms with Crippen LogP contribution in [0.3, 0.4) is 0 Å². The summed E-state index contributed by atoms with van der Waals surface area (Å²) in [7, 11) is 0. The number of carbonyl (C=O) groups is 1. The Balaban J connectivity index is 1.35. The zero-order chi connectivity index (χ0) is 19.1. The van der Waals surface area contributed by atoms with Crippen LogP contribution < -0.4 is 9.80 Å². The van der Waals surface area contributed by atoms with Crippen molar-refractivity contribution < 1.29 is 9.90 Å². The van der Waals surface area contributed by atoms with E-state index in [0.29, 0.717) is 5.57 Å². The third-order valence-electron chi connectivity index (χ3n) is 6.36. The molecule has 1 atom stereocenters. The lowest BCUT2D eigenvalue weighted by Crippen LogP contribution is -2.28. The van der Waals surface area contributed by atoms with Crippen LogP contribution in [-0.4, -0.2) is 37.1 Å². The van der Waals surface area contributed by atoms with Gasteiger partial charge in [0.15, 0.2) is 5.78 Å². The van der Waals surface area contributed by atoms with Gasteiger partial charge < -0.3 is 14.9 Å². The van der Waals surface area contributed by atoms with Crippen LogP contribution in [-0.2, 0) is 4.79 Å². The molecule has 2 aliphatic heterocycles. The highest BCUT2D eigenvalue weighted by Gasteiger charge is 2.41. The maximum Gasteiger partial charge on any atom is 0.181 e. The van der Waals surface area contributed by atoms with Gasteiger partial charge in [-0.05, 0) is 61.1 Å². The quantitative estimate of drug-likeness (QED) is 0.854. The van der Waals surface area contributed by atoms with Gasteiger partial charge in [0.2, 0.25) is 0 Å². The van der Waals surface area contributed by atoms with E-state index in [2.05, 4.69) is 34.1 Å². The van der Waals surface area contributed by atoms with Crippen molar-refractivity contribution in [3.63, 3.8) is 0 Å². The number of Topliss-reactive ketones (excluding diaryl/α,β-unsaturated/α-hetero) is 1. The molecule has 144 valence electrons. The summed E-state index contributed by atoms with van der Waals surface area (Å²) in [5.41, 5.74) is 4.57. The van der Waals surface area contributed by atoms with Gasteiger partial charge in [0, 0.05) is 37.6 Å². The second kappa shape index (κ2) is 7.01. The molecule has 0 saturated carbocycles. The SMILES string of the molecule is O=C1C(c2ccc(N3CCCC3)cc2)=C(O)C1c1ccc(N2CCCC2)cc1. The molecule has 0 aromatic heterocycles. The maximum atomic E-state index is 12.8. The highest BCUT2D eigenvalue weighted by molar-refractivity contribution is 6.31. The molecule has 2 saturated heterocycles. The molecule has 0 bridgehead atoms. The molecule has 1 unspecified atom stereocenters. The van der Waals surface area contributed by atoms with E-state index in [1.165, 1.54) is 37.1 Å². The molecule has 4 nitrogen and oxygen atoms in total. The highest BCUT2D eigenvalue weighted by atomic mass is 16.3. The first-order valence-corrected chi connectivity index (χ1v) is 10.4. The minimum Gasteiger partial charge on any atom is -0.510 e. The lowest BCUT2D eigenvalue weighted by atomic mass is 9.75. The monoisotopic (exact) mass is 374 g/mol. The number of aliphatic hydroxyl groups excluding tert-OH is 1. The Bertz CT molecular complexity index is 903. The molecule has 5 rings (SSSR count). The van der Waals surface area contributed by atoms with Gasteiger partial charge in [-0.2, -0.15) is 0 Å². The Morgan fingerprint density at radius 2 is 1.18 bits per heavy atom. The topological polar surface area (TPSA) is 43.8 Å². The zero-order valence-electron chi connectivity index (χ0n) is 16.1. The van der Waals surface area contributed by atoms with Crippen LogP contribution in [0.5, 0.6) is 0 Å². The van der Waals surface area contributed by atoms with Crippen molar-refractivity contribution >= 4 is 22.7 Å². The van der Waals surface area contributed by atoms with Crippen LogP contribution in [0, 0.1) is 0 Å². The second-order valence-corrected chi connectivity index (χ2v) is 8.08. The van der Waals surface area contributed by atoms with Crippen molar-refractivity contribution in [3.05, 3.63) is 65.4 Å². The summed E-state index contributed by atoms with van der Waals surface area (Å²) in [5.74, 6) is -0.297. The number of ketones is 1. The normalized spacial score (nSPS) is 22.1. The summed E-state index contributed by atoms with van der Waals surface area (Å²) in [4.78, 5) is 17.6. The molecule has 1 aliphatic carbocycles. The number of aliphatic hydroxyl groups is 1. The van der Waals surface area contributed by atoms with Crippen LogP contribution in [0.4, 0.5) is 11.4 Å². The average molecular weight is 374 g/mol. The van der Waals surface area contributed by atoms with Crippen LogP contribution >= 0.6 is 0 Å². The number of benzene rings is 2. The minimum absolute atomic E-state index is 0.0142. The van der Waals surface area contributed by atoms with E-state index < -0.39 is 5.92 Å². The number of carbonyl (C=O) groups excluding carboxylic acids is 1. The molecule has 2 aromatic rings. The predicted octanol–water partition coefficient (Wildman–Crippen LogP) is 4.52. The highest BCUT2D eigenvalue weighted by Crippen LogP contribution is 2.43. The Morgan fingerprint density at radius 3 is 1.64 bits per heavy atom. The van der Waals surface area contributed by atoms with Crippen LogP contribution in [0.1, 0.15) is 42.7 Å². The van der Waals surface area contributed by atoms with Gasteiger partial charge in [0.1, 0.15) is 11.7 Å². The summed E-state index contributed by atoms with van der Waals surface area (Å²) in [6.45, 7) is 4.40. The Labute approximate surface area is 166 Å². The number of hydrogen-bond acceptors (Lipinski definition) is 4. The van der Waals surface area contributed by atoms with E-state index in [9.17, 15) is 9.90 Å². The number of nitrogens with zero attached hydrogens (tertiary/aromatic N) is 2. The minimum atomic E-state index is -0.513. The van der Waals surface area contributed by atoms with Crippen molar-refractivity contribution in [1.82, 2.24) is 0 Å². The number of allylic oxidation sites excluding steroid dienone is 2. The van der Waals surface area contributed by atoms with E-state index in [0.717, 1.165) is 37.3 Å². The molecule has 2 fully saturated rings. The third kappa shape index (κ3) is 2.88. The van der Waals surface area contributed by atoms with E-state index in [1.807, 2.05) is 24.3 Å². The maximum absolute atomic E-state index is 12.8. The molecule has 28 heavy (non-hydrogen) atoms. The van der Waals surface area contributed by atoms with Gasteiger partial charge in [-0.25, -0.2) is 0 Å². The van der Waals surface area contributed by atoms with Crippen molar-refractivity contribution in [2.75, 3.05) is 36.0 Å². The van der Waals surface area contributed by atoms with Gasteiger partial charge in [-0.15, -0.1) is 0 Å². The number of rotatable bonds is 4. The molecule has 3 aliphatic rings. The van der Waals surface area contributed by atoms with E-state index >= 15 is 0 Å². The summed E-state index contributed by atoms with van der Waals surface area (Å²) < 4.78 is 0. The first kappa shape index (κ1) is 17.4. The Hall–Kier alpha value is -2.75. The second-order valence-electron chi connectivity index (χ2n) is 8.08. The fourth-order valence-electron chi connectivity index (χ4n) is 4.73. The molecule has 0 spiro atoms. The molecule has 0 amide bonds. The van der Waals surface area contributed by atoms with E-state index in [4.69, 9.17) is 0 Å². The number of anilines is 2. The summed E-state index contributed by atoms with van der Waals surface area (Å²) in [6.07, 6.45) is 4.97. The lowest BCUT2D eigenvalue weighted by Gasteiger charge is -2.29. The smallest absolute Gasteiger partial charge is 0.181 e. The molecular weight excluding hydrogens is 348 g/mol. The van der Waals surface area contributed by atoms with Crippen molar-refractivity contribution in [1.29, 1.82) is 0 Å². The van der Waals surface area contributed by atoms with Crippen LogP contribution in [0.25, 0.3) is 5.57 Å². The van der Waals surface area contributed by atoms with Crippen molar-refractivity contribution in [2.24, 2.45) is 0 Å². The lowest BCUT2D eigenvalue weighted by molar-refractivity contribution is -0.116. The largest absolute Gasteiger partial charge is 0.510 e. The molecule has 4 heteroatoms. The van der Waals surface area contributed by atoms with Crippen molar-refractivity contribution in [3.8, 4) is 0 Å². The first-order chi connectivity index (χ1) is 13.7. The summed E-state index contributed by atoms with van der Waals surface area (Å²) in [6, 6.07) is 16.2. The zero-order valence-corrected chi connectivity index (χ0v) is 16.1. The third-order valence-corrected chi connectivity index (χ3v) is 6.36. The predicted molar refractivity (Wildman–Crippen MR) is 113 cm³/mol. The first-order valence-electron chi connectivity index (χ1n) is 10.4. The molecular formula is C24H26N2O2. The van der Waals surface area contributed by atoms with E-state index in [-0.39, 0.29) is 11.5 Å². The van der Waals surface area contributed by atoms with Gasteiger partial charge in [-0.1, -0.05) is 24.3 Å². The van der Waals surface area contributed by atoms with E-state index in [1.54, 1.807) is 0 Å². The fourth-order valence-corrected chi connectivity index (χ4v) is 4.73. The Kier molecular flexibility index (Phi) is 4.34. The molecule has 2 aromatic carbocycles. The summed E-state index contributed by atoms with van der Waals surface area (Å²) >= 11 is 0. The Morgan fingerprint density at radius 1 is 0.714 bits per heavy atom. The molecule has 0 radical (unpaired) electrons.